The molecule has 0 aliphatic heterocycles. The van der Waals surface area contributed by atoms with Gasteiger partial charge in [-0.25, -0.2) is 0 Å². The Bertz CT molecular complexity index is 329. The molecule has 0 aliphatic rings. The van der Waals surface area contributed by atoms with Crippen molar-refractivity contribution in [2.75, 3.05) is 0 Å². The summed E-state index contributed by atoms with van der Waals surface area (Å²) < 4.78 is 0. The van der Waals surface area contributed by atoms with Crippen LogP contribution in [-0.2, 0) is 0 Å². The second kappa shape index (κ2) is 6.44. The fourth-order valence-corrected chi connectivity index (χ4v) is 1.96. The van der Waals surface area contributed by atoms with Gasteiger partial charge in [0.15, 0.2) is 0 Å². The van der Waals surface area contributed by atoms with Crippen molar-refractivity contribution in [1.82, 2.24) is 4.98 Å². The van der Waals surface area contributed by atoms with Gasteiger partial charge in [-0.3, -0.25) is 4.79 Å². The summed E-state index contributed by atoms with van der Waals surface area (Å²) in [6.07, 6.45) is 5.98. The molecule has 0 aliphatic carbocycles. The van der Waals surface area contributed by atoms with Crippen LogP contribution in [0.2, 0.25) is 0 Å². The van der Waals surface area contributed by atoms with Crippen LogP contribution < -0.4 is 5.56 Å². The molecule has 0 bridgehead atoms. The average molecular weight is 207 g/mol. The summed E-state index contributed by atoms with van der Waals surface area (Å²) in [5.74, 6) is 0.531. The molecule has 1 aromatic heterocycles. The number of unbranched alkanes of at least 4 members (excludes halogenated alkanes) is 1. The zero-order valence-corrected chi connectivity index (χ0v) is 9.75. The van der Waals surface area contributed by atoms with Crippen molar-refractivity contribution < 1.29 is 0 Å². The van der Waals surface area contributed by atoms with Crippen molar-refractivity contribution in [1.29, 1.82) is 0 Å². The van der Waals surface area contributed by atoms with Crippen molar-refractivity contribution in [3.8, 4) is 0 Å². The van der Waals surface area contributed by atoms with Gasteiger partial charge in [-0.15, -0.1) is 0 Å². The molecule has 1 N–H and O–H groups in total. The Balaban J connectivity index is 2.73. The smallest absolute Gasteiger partial charge is 0.248 e. The summed E-state index contributed by atoms with van der Waals surface area (Å²) >= 11 is 0. The Labute approximate surface area is 91.7 Å². The molecule has 2 heteroatoms. The van der Waals surface area contributed by atoms with E-state index in [-0.39, 0.29) is 5.56 Å². The van der Waals surface area contributed by atoms with Crippen molar-refractivity contribution in [3.05, 3.63) is 34.2 Å². The monoisotopic (exact) mass is 207 g/mol. The lowest BCUT2D eigenvalue weighted by atomic mass is 9.93. The third kappa shape index (κ3) is 3.90. The highest BCUT2D eigenvalue weighted by Crippen LogP contribution is 2.24. The number of nitrogens with one attached hydrogen (secondary N) is 1. The summed E-state index contributed by atoms with van der Waals surface area (Å²) in [5.41, 5.74) is 1.13. The van der Waals surface area contributed by atoms with Gasteiger partial charge >= 0.3 is 0 Å². The van der Waals surface area contributed by atoms with Crippen molar-refractivity contribution in [2.24, 2.45) is 0 Å². The Kier molecular flexibility index (Phi) is 5.16. The van der Waals surface area contributed by atoms with Gasteiger partial charge in [0.25, 0.3) is 0 Å². The van der Waals surface area contributed by atoms with Gasteiger partial charge < -0.3 is 4.98 Å². The van der Waals surface area contributed by atoms with Crippen molar-refractivity contribution in [3.63, 3.8) is 0 Å². The molecule has 1 atom stereocenters. The van der Waals surface area contributed by atoms with Crippen LogP contribution in [0.1, 0.15) is 57.6 Å². The average Bonchev–Trinajstić information content (AvgIpc) is 2.24. The predicted molar refractivity (Wildman–Crippen MR) is 64.2 cm³/mol. The first-order valence-electron chi connectivity index (χ1n) is 5.97. The Morgan fingerprint density at radius 1 is 1.20 bits per heavy atom. The maximum Gasteiger partial charge on any atom is 0.248 e. The van der Waals surface area contributed by atoms with Crippen LogP contribution in [0.4, 0.5) is 0 Å². The number of aromatic nitrogens is 1. The molecule has 0 saturated heterocycles. The summed E-state index contributed by atoms with van der Waals surface area (Å²) in [4.78, 5) is 14.2. The lowest BCUT2D eigenvalue weighted by Gasteiger charge is -2.15. The van der Waals surface area contributed by atoms with Gasteiger partial charge in [-0.1, -0.05) is 39.2 Å². The number of pyridine rings is 1. The molecule has 0 amide bonds. The standard InChI is InChI=1S/C13H21NO/c1-3-5-8-11(7-4-2)12-9-6-10-13(15)14-12/h6,9-11H,3-5,7-8H2,1-2H3,(H,14,15). The third-order valence-corrected chi connectivity index (χ3v) is 2.77. The summed E-state index contributed by atoms with van der Waals surface area (Å²) in [6.45, 7) is 4.40. The van der Waals surface area contributed by atoms with Gasteiger partial charge in [0.05, 0.1) is 0 Å². The van der Waals surface area contributed by atoms with E-state index in [0.717, 1.165) is 5.69 Å². The van der Waals surface area contributed by atoms with Gasteiger partial charge in [-0.2, -0.15) is 0 Å². The quantitative estimate of drug-likeness (QED) is 0.761. The Morgan fingerprint density at radius 3 is 2.60 bits per heavy atom. The fraction of sp³-hybridized carbons (Fsp3) is 0.615. The topological polar surface area (TPSA) is 32.9 Å². The highest BCUT2D eigenvalue weighted by Gasteiger charge is 2.10. The van der Waals surface area contributed by atoms with E-state index in [1.54, 1.807) is 6.07 Å². The van der Waals surface area contributed by atoms with Crippen LogP contribution in [0.3, 0.4) is 0 Å². The van der Waals surface area contributed by atoms with E-state index in [1.807, 2.05) is 12.1 Å². The Morgan fingerprint density at radius 2 is 2.00 bits per heavy atom. The second-order valence-electron chi connectivity index (χ2n) is 4.10. The van der Waals surface area contributed by atoms with Gasteiger partial charge in [0.2, 0.25) is 5.56 Å². The zero-order valence-electron chi connectivity index (χ0n) is 9.75. The van der Waals surface area contributed by atoms with Crippen LogP contribution in [0, 0.1) is 0 Å². The Hall–Kier alpha value is -1.05. The van der Waals surface area contributed by atoms with Crippen molar-refractivity contribution in [2.45, 2.75) is 51.9 Å². The highest BCUT2D eigenvalue weighted by molar-refractivity contribution is 5.09. The predicted octanol–water partition coefficient (Wildman–Crippen LogP) is 3.45. The maximum absolute atomic E-state index is 11.2. The van der Waals surface area contributed by atoms with Crippen LogP contribution in [0.5, 0.6) is 0 Å². The van der Waals surface area contributed by atoms with Gasteiger partial charge in [-0.05, 0) is 24.8 Å². The first kappa shape index (κ1) is 12.0. The molecule has 15 heavy (non-hydrogen) atoms. The minimum Gasteiger partial charge on any atom is -0.326 e. The van der Waals surface area contributed by atoms with Crippen LogP contribution in [-0.4, -0.2) is 4.98 Å². The minimum absolute atomic E-state index is 0.0186. The van der Waals surface area contributed by atoms with Gasteiger partial charge in [0, 0.05) is 11.8 Å². The SMILES string of the molecule is CCCCC(CCC)c1cccc(=O)[nH]1. The van der Waals surface area contributed by atoms with Crippen molar-refractivity contribution >= 4 is 0 Å². The molecule has 0 fully saturated rings. The lowest BCUT2D eigenvalue weighted by Crippen LogP contribution is -2.10. The molecule has 1 aromatic rings. The molecule has 0 spiro atoms. The van der Waals surface area contributed by atoms with Crippen LogP contribution >= 0.6 is 0 Å². The molecular weight excluding hydrogens is 186 g/mol. The van der Waals surface area contributed by atoms with E-state index in [0.29, 0.717) is 5.92 Å². The molecule has 1 rings (SSSR count). The molecule has 2 nitrogen and oxygen atoms in total. The highest BCUT2D eigenvalue weighted by atomic mass is 16.1. The third-order valence-electron chi connectivity index (χ3n) is 2.77. The molecule has 84 valence electrons. The fourth-order valence-electron chi connectivity index (χ4n) is 1.96. The first-order valence-corrected chi connectivity index (χ1v) is 5.97. The molecule has 0 radical (unpaired) electrons. The number of H-pyrrole nitrogens is 1. The van der Waals surface area contributed by atoms with Crippen LogP contribution in [0.25, 0.3) is 0 Å². The summed E-state index contributed by atoms with van der Waals surface area (Å²) in [7, 11) is 0. The second-order valence-corrected chi connectivity index (χ2v) is 4.10. The summed E-state index contributed by atoms with van der Waals surface area (Å²) in [6, 6.07) is 5.46. The molecule has 1 heterocycles. The van der Waals surface area contributed by atoms with E-state index in [1.165, 1.54) is 32.1 Å². The van der Waals surface area contributed by atoms with E-state index in [4.69, 9.17) is 0 Å². The maximum atomic E-state index is 11.2. The number of aromatic amines is 1. The molecule has 0 saturated carbocycles. The first-order chi connectivity index (χ1) is 7.27. The van der Waals surface area contributed by atoms with E-state index < -0.39 is 0 Å². The molecular formula is C13H21NO. The van der Waals surface area contributed by atoms with E-state index in [9.17, 15) is 4.79 Å². The van der Waals surface area contributed by atoms with Gasteiger partial charge in [0.1, 0.15) is 0 Å². The molecule has 1 unspecified atom stereocenters. The largest absolute Gasteiger partial charge is 0.326 e. The zero-order chi connectivity index (χ0) is 11.1. The number of hydrogen-bond acceptors (Lipinski definition) is 1. The summed E-state index contributed by atoms with van der Waals surface area (Å²) in [5, 5.41) is 0. The number of rotatable bonds is 6. The van der Waals surface area contributed by atoms with E-state index in [2.05, 4.69) is 18.8 Å². The molecule has 0 aromatic carbocycles. The lowest BCUT2D eigenvalue weighted by molar-refractivity contribution is 0.529. The van der Waals surface area contributed by atoms with Crippen LogP contribution in [0.15, 0.2) is 23.0 Å². The minimum atomic E-state index is 0.0186. The number of hydrogen-bond donors (Lipinski definition) is 1. The van der Waals surface area contributed by atoms with E-state index >= 15 is 0 Å². The normalized spacial score (nSPS) is 12.7.